The third-order valence-corrected chi connectivity index (χ3v) is 18.4. The van der Waals surface area contributed by atoms with Gasteiger partial charge >= 0.3 is 5.97 Å². The van der Waals surface area contributed by atoms with Gasteiger partial charge in [0.1, 0.15) is 101 Å². The molecule has 0 fully saturated rings. The van der Waals surface area contributed by atoms with E-state index in [9.17, 15) is 38.7 Å². The summed E-state index contributed by atoms with van der Waals surface area (Å²) in [5.74, 6) is -4.66. The van der Waals surface area contributed by atoms with E-state index in [0.717, 1.165) is 34.0 Å². The van der Waals surface area contributed by atoms with Crippen LogP contribution in [0.25, 0.3) is 49.2 Å². The van der Waals surface area contributed by atoms with Gasteiger partial charge in [0, 0.05) is 52.3 Å². The molecule has 0 saturated carbocycles. The third-order valence-electron chi connectivity index (χ3n) is 12.7. The van der Waals surface area contributed by atoms with E-state index >= 15 is 0 Å². The molecule has 1 unspecified atom stereocenters. The van der Waals surface area contributed by atoms with E-state index in [1.807, 2.05) is 13.8 Å². The molecule has 0 radical (unpaired) electrons. The number of imidazole rings is 1. The van der Waals surface area contributed by atoms with Crippen molar-refractivity contribution in [3.8, 4) is 49.2 Å². The van der Waals surface area contributed by atoms with Gasteiger partial charge in [0.05, 0.1) is 42.2 Å². The summed E-state index contributed by atoms with van der Waals surface area (Å²) in [7, 11) is 2.93. The smallest absolute Gasteiger partial charge is 0.322 e. The number of aromatic nitrogens is 9. The van der Waals surface area contributed by atoms with Crippen LogP contribution in [-0.2, 0) is 25.7 Å². The molecule has 4 atom stereocenters. The van der Waals surface area contributed by atoms with Crippen molar-refractivity contribution in [2.24, 2.45) is 5.92 Å². The molecule has 25 nitrogen and oxygen atoms in total. The number of hydrogen-bond donors (Lipinski definition) is 8. The van der Waals surface area contributed by atoms with Crippen LogP contribution in [0.2, 0.25) is 0 Å². The number of carboxylic acid groups (broad SMARTS) is 1. The molecule has 8 aromatic heterocycles. The largest absolute Gasteiger partial charge is 0.480 e. The van der Waals surface area contributed by atoms with Gasteiger partial charge in [0.15, 0.2) is 0 Å². The van der Waals surface area contributed by atoms with Gasteiger partial charge < -0.3 is 46.9 Å². The van der Waals surface area contributed by atoms with Gasteiger partial charge in [-0.25, -0.2) is 39.9 Å². The molecule has 1 aliphatic rings. The van der Waals surface area contributed by atoms with Gasteiger partial charge in [-0.05, 0) is 30.5 Å². The Balaban J connectivity index is 1.05. The Kier molecular flexibility index (Phi) is 17.9. The Labute approximate surface area is 501 Å². The lowest BCUT2D eigenvalue weighted by atomic mass is 10.0. The first-order valence-electron chi connectivity index (χ1n) is 25.4. The molecule has 6 amide bonds. The highest BCUT2D eigenvalue weighted by molar-refractivity contribution is 7.15. The van der Waals surface area contributed by atoms with Crippen LogP contribution in [0.3, 0.4) is 0 Å². The fourth-order valence-corrected chi connectivity index (χ4v) is 14.1. The molecule has 1 aromatic carbocycles. The number of aryl methyl sites for hydroxylation is 1. The summed E-state index contributed by atoms with van der Waals surface area (Å²) in [5.41, 5.74) is 2.61. The molecule has 0 saturated heterocycles. The molecule has 10 rings (SSSR count). The van der Waals surface area contributed by atoms with Crippen LogP contribution in [0.5, 0.6) is 0 Å². The molecule has 1 aliphatic heterocycles. The second-order valence-electron chi connectivity index (χ2n) is 18.9. The number of rotatable bonds is 12. The first-order chi connectivity index (χ1) is 40.4. The highest BCUT2D eigenvalue weighted by atomic mass is 32.1. The minimum absolute atomic E-state index is 0.00364. The number of amides is 6. The number of pyridine rings is 1. The van der Waals surface area contributed by atoms with Crippen LogP contribution in [0.4, 0.5) is 0 Å². The molecule has 0 aliphatic carbocycles. The molecule has 10 bridgehead atoms. The monoisotopic (exact) mass is 1250 g/mol. The number of nitrogens with one attached hydrogen (secondary N) is 6. The van der Waals surface area contributed by atoms with E-state index in [0.29, 0.717) is 74.5 Å². The number of fused-ring (bicyclic) bond motifs is 14. The number of aliphatic carboxylic acids is 1. The SMILES string of the molecule is CNC(=O)C[C@@H]1NC(=O)c2csc(n2)-c2ccc(-c3nc(-n4cnc(C(=O)NCC(=O)O)c4)cs3)nc2-c2csc(n2)-c2csc(n2)[C@H]([C@@H](O)c2ccccc2)NC(=O)CNC(=O)c2nc(sc2COC)C(C(C)C)NC(=O)c2nc1sc2C. The van der Waals surface area contributed by atoms with Crippen molar-refractivity contribution < 1.29 is 48.5 Å². The number of aliphatic hydroxyl groups is 1. The minimum atomic E-state index is -1.29. The van der Waals surface area contributed by atoms with Gasteiger partial charge in [0.2, 0.25) is 11.8 Å². The first-order valence-corrected chi connectivity index (χ1v) is 30.6. The Morgan fingerprint density at radius 3 is 2.23 bits per heavy atom. The highest BCUT2D eigenvalue weighted by Crippen LogP contribution is 2.40. The summed E-state index contributed by atoms with van der Waals surface area (Å²) in [5, 5.41) is 46.4. The summed E-state index contributed by atoms with van der Waals surface area (Å²) < 4.78 is 6.96. The maximum Gasteiger partial charge on any atom is 0.322 e. The lowest BCUT2D eigenvalue weighted by molar-refractivity contribution is -0.135. The zero-order valence-electron chi connectivity index (χ0n) is 44.9. The zero-order chi connectivity index (χ0) is 59.3. The second-order valence-corrected chi connectivity index (χ2v) is 24.7. The molecule has 8 N–H and O–H groups in total. The third kappa shape index (κ3) is 13.0. The van der Waals surface area contributed by atoms with Gasteiger partial charge in [-0.2, -0.15) is 0 Å². The molecule has 9 aromatic rings. The van der Waals surface area contributed by atoms with Crippen molar-refractivity contribution >= 4 is 109 Å². The second kappa shape index (κ2) is 25.6. The van der Waals surface area contributed by atoms with Gasteiger partial charge in [-0.3, -0.25) is 38.1 Å². The van der Waals surface area contributed by atoms with Crippen molar-refractivity contribution in [2.75, 3.05) is 27.2 Å². The maximum absolute atomic E-state index is 14.3. The number of thiazole rings is 6. The molecule has 432 valence electrons. The number of methoxy groups -OCH3 is 1. The van der Waals surface area contributed by atoms with E-state index in [-0.39, 0.29) is 46.7 Å². The van der Waals surface area contributed by atoms with E-state index < -0.39 is 78.7 Å². The number of hydrogen-bond acceptors (Lipinski definition) is 23. The summed E-state index contributed by atoms with van der Waals surface area (Å²) in [6.45, 7) is 4.35. The van der Waals surface area contributed by atoms with Crippen molar-refractivity contribution in [2.45, 2.75) is 58.0 Å². The van der Waals surface area contributed by atoms with Crippen LogP contribution in [-0.4, -0.2) is 123 Å². The number of carbonyl (C=O) groups excluding carboxylic acids is 6. The van der Waals surface area contributed by atoms with Crippen LogP contribution in [0, 0.1) is 12.8 Å². The topological polar surface area (TPSA) is 349 Å². The fraction of sp³-hybridized carbons (Fsp3) is 0.264. The molecule has 9 heterocycles. The molecule has 0 spiro atoms. The van der Waals surface area contributed by atoms with E-state index in [1.165, 1.54) is 65.3 Å². The quantitative estimate of drug-likeness (QED) is 0.0664. The molecule has 31 heteroatoms. The van der Waals surface area contributed by atoms with Crippen LogP contribution >= 0.6 is 68.0 Å². The fourth-order valence-electron chi connectivity index (χ4n) is 8.51. The van der Waals surface area contributed by atoms with Crippen LogP contribution in [0.1, 0.15) is 117 Å². The predicted octanol–water partition coefficient (Wildman–Crippen LogP) is 6.31. The minimum Gasteiger partial charge on any atom is -0.480 e. The average Bonchev–Trinajstić information content (AvgIpc) is 4.56. The number of nitrogens with zero attached hydrogens (tertiary/aromatic N) is 9. The molecule has 84 heavy (non-hydrogen) atoms. The van der Waals surface area contributed by atoms with Crippen molar-refractivity contribution in [3.63, 3.8) is 0 Å². The normalized spacial score (nSPS) is 16.2. The Morgan fingerprint density at radius 1 is 0.738 bits per heavy atom. The van der Waals surface area contributed by atoms with Crippen LogP contribution < -0.4 is 31.9 Å². The average molecular weight is 1250 g/mol. The van der Waals surface area contributed by atoms with Gasteiger partial charge in [-0.1, -0.05) is 44.2 Å². The summed E-state index contributed by atoms with van der Waals surface area (Å²) >= 11 is 7.15. The Morgan fingerprint density at radius 2 is 1.46 bits per heavy atom. The summed E-state index contributed by atoms with van der Waals surface area (Å²) in [6, 6.07) is 9.43. The lowest BCUT2D eigenvalue weighted by Gasteiger charge is -2.23. The van der Waals surface area contributed by atoms with Gasteiger partial charge in [-0.15, -0.1) is 68.0 Å². The van der Waals surface area contributed by atoms with Crippen molar-refractivity contribution in [3.05, 3.63) is 130 Å². The van der Waals surface area contributed by atoms with E-state index in [4.69, 9.17) is 34.8 Å². The maximum atomic E-state index is 14.3. The van der Waals surface area contributed by atoms with Crippen LogP contribution in [0.15, 0.2) is 76.5 Å². The molecular formula is C53H49N15O10S6. The number of aliphatic hydroxyl groups excluding tert-OH is 1. The number of carbonyl (C=O) groups is 7. The Bertz CT molecular complexity index is 3960. The standard InChI is InChI=1S/C53H49N15O10S6/c1-23(2)38-53-67-41(33(84-53)17-78-5)46(76)55-14-36(70)64-42(43(73)25-9-7-6-8-10-25)52-62-32(20-81-52)50-60-30(18-80-50)40-26(11-12-27(58-40)49-63-34(21-82-49)68-16-29(57-22-68)44(74)56-15-37(71)72)48-61-31(19-79-48)45(75)59-28(13-35(69)54-4)51-66-39(24(3)83-51)47(77)65-38/h6-12,16,18-23,28,38,42-43,73H,13-15,17H2,1-5H3,(H,54,69)(H,55,76)(H,56,74)(H,59,75)(H,64,70)(H,65,77)(H,71,72)/t28-,38?,42-,43-/m0/s1. The number of benzene rings is 1. The van der Waals surface area contributed by atoms with Crippen molar-refractivity contribution in [1.29, 1.82) is 0 Å². The van der Waals surface area contributed by atoms with Gasteiger partial charge in [0.25, 0.3) is 23.6 Å². The Hall–Kier alpha value is -8.43. The molecular weight excluding hydrogens is 1200 g/mol. The van der Waals surface area contributed by atoms with E-state index in [2.05, 4.69) is 46.9 Å². The summed E-state index contributed by atoms with van der Waals surface area (Å²) in [4.78, 5) is 132. The lowest BCUT2D eigenvalue weighted by Crippen LogP contribution is -2.40. The van der Waals surface area contributed by atoms with Crippen molar-refractivity contribution in [1.82, 2.24) is 76.3 Å². The number of carboxylic acids is 1. The highest BCUT2D eigenvalue weighted by Gasteiger charge is 2.33. The first kappa shape index (κ1) is 58.8. The van der Waals surface area contributed by atoms with E-state index in [1.54, 1.807) is 70.9 Å². The number of ether oxygens (including phenoxy) is 1. The predicted molar refractivity (Wildman–Crippen MR) is 314 cm³/mol. The zero-order valence-corrected chi connectivity index (χ0v) is 49.8. The summed E-state index contributed by atoms with van der Waals surface area (Å²) in [6.07, 6.45) is 1.28.